The first kappa shape index (κ1) is 11.9. The molecule has 0 saturated carbocycles. The Morgan fingerprint density at radius 1 is 1.21 bits per heavy atom. The van der Waals surface area contributed by atoms with Crippen LogP contribution in [0.1, 0.15) is 42.8 Å². The van der Waals surface area contributed by atoms with Crippen molar-refractivity contribution in [2.24, 2.45) is 0 Å². The maximum atomic E-state index is 12.1. The van der Waals surface area contributed by atoms with Gasteiger partial charge >= 0.3 is 0 Å². The summed E-state index contributed by atoms with van der Waals surface area (Å²) >= 11 is 0. The third-order valence-corrected chi connectivity index (χ3v) is 3.20. The summed E-state index contributed by atoms with van der Waals surface area (Å²) in [5.41, 5.74) is 1.38. The Hall–Kier alpha value is -2.17. The van der Waals surface area contributed by atoms with Crippen LogP contribution in [-0.2, 0) is 12.0 Å². The third kappa shape index (κ3) is 1.82. The van der Waals surface area contributed by atoms with Crippen molar-refractivity contribution >= 4 is 5.91 Å². The minimum atomic E-state index is -0.133. The highest BCUT2D eigenvalue weighted by Crippen LogP contribution is 2.27. The molecule has 0 bridgehead atoms. The first-order valence-corrected chi connectivity index (χ1v) is 6.31. The molecule has 0 spiro atoms. The number of amides is 1. The van der Waals surface area contributed by atoms with Crippen LogP contribution >= 0.6 is 0 Å². The number of carbonyl (C=O) groups is 1. The van der Waals surface area contributed by atoms with Crippen LogP contribution < -0.4 is 5.32 Å². The topological polar surface area (TPSA) is 59.8 Å². The van der Waals surface area contributed by atoms with Gasteiger partial charge in [0, 0.05) is 5.41 Å². The zero-order valence-electron chi connectivity index (χ0n) is 11.3. The molecule has 0 atom stereocenters. The van der Waals surface area contributed by atoms with Gasteiger partial charge in [0.25, 0.3) is 5.91 Å². The van der Waals surface area contributed by atoms with Crippen molar-refractivity contribution in [3.8, 4) is 5.69 Å². The number of hydrogen-bond acceptors (Lipinski definition) is 3. The average Bonchev–Trinajstić information content (AvgIpc) is 2.74. The van der Waals surface area contributed by atoms with Crippen LogP contribution in [-0.4, -0.2) is 20.7 Å². The Morgan fingerprint density at radius 2 is 1.95 bits per heavy atom. The van der Waals surface area contributed by atoms with E-state index in [4.69, 9.17) is 0 Å². The lowest BCUT2D eigenvalue weighted by atomic mass is 9.95. The maximum absolute atomic E-state index is 12.1. The van der Waals surface area contributed by atoms with Gasteiger partial charge in [0.15, 0.2) is 5.82 Å². The Balaban J connectivity index is 2.32. The third-order valence-electron chi connectivity index (χ3n) is 3.20. The van der Waals surface area contributed by atoms with Crippen LogP contribution in [0.4, 0.5) is 0 Å². The number of nitrogens with one attached hydrogen (secondary N) is 1. The van der Waals surface area contributed by atoms with E-state index in [1.807, 2.05) is 28.8 Å². The summed E-state index contributed by atoms with van der Waals surface area (Å²) in [5, 5.41) is 11.4. The van der Waals surface area contributed by atoms with Gasteiger partial charge in [0.2, 0.25) is 0 Å². The molecule has 0 aliphatic carbocycles. The SMILES string of the molecule is CC(C)(C)c1nnc2n1-c1ccccc1C(=O)NC2. The van der Waals surface area contributed by atoms with E-state index >= 15 is 0 Å². The first-order valence-electron chi connectivity index (χ1n) is 6.31. The molecule has 1 aliphatic rings. The van der Waals surface area contributed by atoms with Crippen molar-refractivity contribution in [3.63, 3.8) is 0 Å². The highest BCUT2D eigenvalue weighted by molar-refractivity contribution is 5.98. The molecule has 2 heterocycles. The van der Waals surface area contributed by atoms with E-state index in [0.29, 0.717) is 12.1 Å². The van der Waals surface area contributed by atoms with Crippen molar-refractivity contribution in [2.45, 2.75) is 32.7 Å². The predicted octanol–water partition coefficient (Wildman–Crippen LogP) is 1.81. The summed E-state index contributed by atoms with van der Waals surface area (Å²) in [6.07, 6.45) is 0. The molecule has 0 unspecified atom stereocenters. The molecular formula is C14H16N4O. The van der Waals surface area contributed by atoms with Gasteiger partial charge in [-0.3, -0.25) is 9.36 Å². The number of aromatic nitrogens is 3. The molecule has 1 aromatic carbocycles. The highest BCUT2D eigenvalue weighted by Gasteiger charge is 2.28. The Kier molecular flexibility index (Phi) is 2.45. The van der Waals surface area contributed by atoms with Crippen molar-refractivity contribution < 1.29 is 4.79 Å². The van der Waals surface area contributed by atoms with E-state index in [-0.39, 0.29) is 11.3 Å². The summed E-state index contributed by atoms with van der Waals surface area (Å²) in [6.45, 7) is 6.67. The van der Waals surface area contributed by atoms with Crippen LogP contribution in [0.15, 0.2) is 24.3 Å². The van der Waals surface area contributed by atoms with E-state index in [2.05, 4.69) is 36.3 Å². The zero-order valence-corrected chi connectivity index (χ0v) is 11.3. The highest BCUT2D eigenvalue weighted by atomic mass is 16.1. The molecule has 1 aromatic heterocycles. The van der Waals surface area contributed by atoms with Gasteiger partial charge in [-0.15, -0.1) is 10.2 Å². The molecule has 0 saturated heterocycles. The lowest BCUT2D eigenvalue weighted by Crippen LogP contribution is -2.21. The largest absolute Gasteiger partial charge is 0.345 e. The molecule has 2 aromatic rings. The van der Waals surface area contributed by atoms with E-state index < -0.39 is 0 Å². The van der Waals surface area contributed by atoms with Crippen LogP contribution in [0.25, 0.3) is 5.69 Å². The summed E-state index contributed by atoms with van der Waals surface area (Å²) in [4.78, 5) is 12.1. The van der Waals surface area contributed by atoms with Crippen LogP contribution in [0.3, 0.4) is 0 Å². The van der Waals surface area contributed by atoms with Crippen molar-refractivity contribution in [1.29, 1.82) is 0 Å². The molecular weight excluding hydrogens is 240 g/mol. The van der Waals surface area contributed by atoms with Crippen LogP contribution in [0, 0.1) is 0 Å². The number of nitrogens with zero attached hydrogens (tertiary/aromatic N) is 3. The summed E-state index contributed by atoms with van der Waals surface area (Å²) < 4.78 is 1.99. The zero-order chi connectivity index (χ0) is 13.6. The number of benzene rings is 1. The monoisotopic (exact) mass is 256 g/mol. The summed E-state index contributed by atoms with van der Waals surface area (Å²) in [6, 6.07) is 7.55. The predicted molar refractivity (Wildman–Crippen MR) is 71.2 cm³/mol. The van der Waals surface area contributed by atoms with E-state index in [9.17, 15) is 4.79 Å². The van der Waals surface area contributed by atoms with Gasteiger partial charge in [0.05, 0.1) is 17.8 Å². The lowest BCUT2D eigenvalue weighted by Gasteiger charge is -2.19. The molecule has 1 aliphatic heterocycles. The van der Waals surface area contributed by atoms with Gasteiger partial charge in [-0.25, -0.2) is 0 Å². The van der Waals surface area contributed by atoms with E-state index in [1.165, 1.54) is 0 Å². The van der Waals surface area contributed by atoms with Crippen molar-refractivity contribution in [1.82, 2.24) is 20.1 Å². The van der Waals surface area contributed by atoms with Gasteiger partial charge < -0.3 is 5.32 Å². The number of para-hydroxylation sites is 1. The van der Waals surface area contributed by atoms with E-state index in [0.717, 1.165) is 17.3 Å². The smallest absolute Gasteiger partial charge is 0.253 e. The minimum Gasteiger partial charge on any atom is -0.345 e. The number of hydrogen-bond donors (Lipinski definition) is 1. The quantitative estimate of drug-likeness (QED) is 0.782. The molecule has 1 amide bonds. The molecule has 98 valence electrons. The molecule has 0 radical (unpaired) electrons. The number of rotatable bonds is 0. The summed E-state index contributed by atoms with van der Waals surface area (Å²) in [7, 11) is 0. The maximum Gasteiger partial charge on any atom is 0.253 e. The molecule has 0 fully saturated rings. The molecule has 3 rings (SSSR count). The van der Waals surface area contributed by atoms with Crippen molar-refractivity contribution in [2.75, 3.05) is 0 Å². The Morgan fingerprint density at radius 3 is 2.68 bits per heavy atom. The Labute approximate surface area is 111 Å². The minimum absolute atomic E-state index is 0.0686. The second kappa shape index (κ2) is 3.91. The molecule has 19 heavy (non-hydrogen) atoms. The van der Waals surface area contributed by atoms with Crippen molar-refractivity contribution in [3.05, 3.63) is 41.5 Å². The van der Waals surface area contributed by atoms with E-state index in [1.54, 1.807) is 0 Å². The second-order valence-electron chi connectivity index (χ2n) is 5.73. The van der Waals surface area contributed by atoms with Gasteiger partial charge in [0.1, 0.15) is 5.82 Å². The van der Waals surface area contributed by atoms with Crippen LogP contribution in [0.2, 0.25) is 0 Å². The number of carbonyl (C=O) groups excluding carboxylic acids is 1. The molecule has 5 nitrogen and oxygen atoms in total. The lowest BCUT2D eigenvalue weighted by molar-refractivity contribution is 0.0952. The Bertz CT molecular complexity index is 652. The van der Waals surface area contributed by atoms with Gasteiger partial charge in [-0.05, 0) is 12.1 Å². The van der Waals surface area contributed by atoms with Gasteiger partial charge in [-0.1, -0.05) is 32.9 Å². The first-order chi connectivity index (χ1) is 8.98. The summed E-state index contributed by atoms with van der Waals surface area (Å²) in [5.74, 6) is 1.57. The average molecular weight is 256 g/mol. The normalized spacial score (nSPS) is 14.4. The fraction of sp³-hybridized carbons (Fsp3) is 0.357. The fourth-order valence-electron chi connectivity index (χ4n) is 2.28. The number of fused-ring (bicyclic) bond motifs is 3. The molecule has 1 N–H and O–H groups in total. The fourth-order valence-corrected chi connectivity index (χ4v) is 2.28. The van der Waals surface area contributed by atoms with Crippen LogP contribution in [0.5, 0.6) is 0 Å². The second-order valence-corrected chi connectivity index (χ2v) is 5.73. The molecule has 5 heteroatoms. The van der Waals surface area contributed by atoms with Gasteiger partial charge in [-0.2, -0.15) is 0 Å². The standard InChI is InChI=1S/C14H16N4O/c1-14(2,3)13-17-16-11-8-15-12(19)9-6-4-5-7-10(9)18(11)13/h4-7H,8H2,1-3H3,(H,15,19).